The molecule has 80 valence electrons. The smallest absolute Gasteiger partial charge is 0.237 e. The first kappa shape index (κ1) is 9.93. The fraction of sp³-hybridized carbons (Fsp3) is 0.900. The van der Waals surface area contributed by atoms with Crippen LogP contribution in [0.5, 0.6) is 0 Å². The first-order chi connectivity index (χ1) is 6.79. The van der Waals surface area contributed by atoms with Gasteiger partial charge in [-0.05, 0) is 32.9 Å². The Hall–Kier alpha value is -0.610. The Morgan fingerprint density at radius 1 is 1.36 bits per heavy atom. The molecule has 2 rings (SSSR count). The number of carbonyl (C=O) groups is 1. The summed E-state index contributed by atoms with van der Waals surface area (Å²) < 4.78 is 0. The standard InChI is InChI=1S/C10H19N3O/c1-12-6-3-2-4-9(12)13-7-5-11-8-10(13)14/h9,11H,2-8H2,1H3. The van der Waals surface area contributed by atoms with Crippen molar-refractivity contribution < 1.29 is 4.79 Å². The Labute approximate surface area is 85.2 Å². The van der Waals surface area contributed by atoms with E-state index in [1.165, 1.54) is 12.8 Å². The molecule has 1 N–H and O–H groups in total. The van der Waals surface area contributed by atoms with E-state index >= 15 is 0 Å². The van der Waals surface area contributed by atoms with Crippen molar-refractivity contribution in [1.29, 1.82) is 0 Å². The zero-order valence-corrected chi connectivity index (χ0v) is 8.83. The van der Waals surface area contributed by atoms with Crippen LogP contribution in [0, 0.1) is 0 Å². The molecule has 0 bridgehead atoms. The maximum Gasteiger partial charge on any atom is 0.237 e. The summed E-state index contributed by atoms with van der Waals surface area (Å²) in [5, 5.41) is 3.11. The molecule has 2 aliphatic heterocycles. The van der Waals surface area contributed by atoms with Crippen molar-refractivity contribution in [3.05, 3.63) is 0 Å². The molecule has 1 unspecified atom stereocenters. The Balaban J connectivity index is 2.00. The number of carbonyl (C=O) groups excluding carboxylic acids is 1. The van der Waals surface area contributed by atoms with E-state index in [2.05, 4.69) is 17.3 Å². The van der Waals surface area contributed by atoms with E-state index in [-0.39, 0.29) is 5.91 Å². The first-order valence-electron chi connectivity index (χ1n) is 5.49. The maximum atomic E-state index is 11.7. The molecule has 0 aromatic rings. The summed E-state index contributed by atoms with van der Waals surface area (Å²) in [5.41, 5.74) is 0. The summed E-state index contributed by atoms with van der Waals surface area (Å²) in [7, 11) is 2.12. The van der Waals surface area contributed by atoms with Gasteiger partial charge in [-0.25, -0.2) is 0 Å². The molecule has 0 saturated carbocycles. The molecule has 1 amide bonds. The molecule has 4 heteroatoms. The van der Waals surface area contributed by atoms with Crippen LogP contribution in [-0.4, -0.2) is 55.1 Å². The highest BCUT2D eigenvalue weighted by atomic mass is 16.2. The third-order valence-electron chi connectivity index (χ3n) is 3.22. The van der Waals surface area contributed by atoms with Gasteiger partial charge in [0.25, 0.3) is 0 Å². The van der Waals surface area contributed by atoms with E-state index in [0.29, 0.717) is 12.7 Å². The van der Waals surface area contributed by atoms with Gasteiger partial charge in [-0.2, -0.15) is 0 Å². The van der Waals surface area contributed by atoms with Gasteiger partial charge >= 0.3 is 0 Å². The summed E-state index contributed by atoms with van der Waals surface area (Å²) in [4.78, 5) is 16.0. The molecule has 0 aromatic heterocycles. The largest absolute Gasteiger partial charge is 0.325 e. The fourth-order valence-corrected chi connectivity index (χ4v) is 2.39. The number of likely N-dealkylation sites (tertiary alicyclic amines) is 1. The lowest BCUT2D eigenvalue weighted by molar-refractivity contribution is -0.139. The van der Waals surface area contributed by atoms with Crippen molar-refractivity contribution in [3.63, 3.8) is 0 Å². The lowest BCUT2D eigenvalue weighted by Crippen LogP contribution is -2.58. The molecule has 0 aromatic carbocycles. The average molecular weight is 197 g/mol. The van der Waals surface area contributed by atoms with Gasteiger partial charge in [-0.1, -0.05) is 0 Å². The van der Waals surface area contributed by atoms with E-state index in [4.69, 9.17) is 0 Å². The van der Waals surface area contributed by atoms with Crippen LogP contribution in [0.2, 0.25) is 0 Å². The van der Waals surface area contributed by atoms with Gasteiger partial charge in [0.2, 0.25) is 5.91 Å². The lowest BCUT2D eigenvalue weighted by atomic mass is 10.1. The van der Waals surface area contributed by atoms with Crippen LogP contribution in [0.3, 0.4) is 0 Å². The summed E-state index contributed by atoms with van der Waals surface area (Å²) in [5.74, 6) is 0.259. The summed E-state index contributed by atoms with van der Waals surface area (Å²) >= 11 is 0. The summed E-state index contributed by atoms with van der Waals surface area (Å²) in [6.45, 7) is 3.45. The zero-order valence-electron chi connectivity index (χ0n) is 8.83. The van der Waals surface area contributed by atoms with Gasteiger partial charge in [-0.3, -0.25) is 9.69 Å². The van der Waals surface area contributed by atoms with Crippen molar-refractivity contribution >= 4 is 5.91 Å². The predicted octanol–water partition coefficient (Wildman–Crippen LogP) is -0.140. The molecular formula is C10H19N3O. The van der Waals surface area contributed by atoms with Crippen LogP contribution in [0.1, 0.15) is 19.3 Å². The van der Waals surface area contributed by atoms with E-state index in [9.17, 15) is 4.79 Å². The van der Waals surface area contributed by atoms with Gasteiger partial charge in [-0.15, -0.1) is 0 Å². The molecule has 14 heavy (non-hydrogen) atoms. The number of nitrogens with one attached hydrogen (secondary N) is 1. The molecule has 0 aliphatic carbocycles. The van der Waals surface area contributed by atoms with E-state index < -0.39 is 0 Å². The highest BCUT2D eigenvalue weighted by Crippen LogP contribution is 2.19. The van der Waals surface area contributed by atoms with Gasteiger partial charge < -0.3 is 10.2 Å². The van der Waals surface area contributed by atoms with Crippen LogP contribution in [0.25, 0.3) is 0 Å². The van der Waals surface area contributed by atoms with Gasteiger partial charge in [0.1, 0.15) is 0 Å². The van der Waals surface area contributed by atoms with Crippen molar-refractivity contribution in [1.82, 2.24) is 15.1 Å². The molecule has 2 fully saturated rings. The van der Waals surface area contributed by atoms with E-state index in [1.54, 1.807) is 0 Å². The predicted molar refractivity (Wildman–Crippen MR) is 54.9 cm³/mol. The number of amides is 1. The number of nitrogens with zero attached hydrogens (tertiary/aromatic N) is 2. The topological polar surface area (TPSA) is 35.6 Å². The average Bonchev–Trinajstić information content (AvgIpc) is 2.20. The quantitative estimate of drug-likeness (QED) is 0.635. The molecule has 0 spiro atoms. The second-order valence-corrected chi connectivity index (χ2v) is 4.22. The van der Waals surface area contributed by atoms with Crippen molar-refractivity contribution in [2.45, 2.75) is 25.4 Å². The first-order valence-corrected chi connectivity index (χ1v) is 5.49. The molecule has 0 radical (unpaired) electrons. The van der Waals surface area contributed by atoms with Crippen LogP contribution in [-0.2, 0) is 4.79 Å². The van der Waals surface area contributed by atoms with E-state index in [1.807, 2.05) is 4.90 Å². The zero-order chi connectivity index (χ0) is 9.97. The highest BCUT2D eigenvalue weighted by molar-refractivity contribution is 5.79. The van der Waals surface area contributed by atoms with E-state index in [0.717, 1.165) is 26.1 Å². The van der Waals surface area contributed by atoms with Gasteiger partial charge in [0.15, 0.2) is 0 Å². The Morgan fingerprint density at radius 2 is 2.21 bits per heavy atom. The Bertz CT molecular complexity index is 219. The Morgan fingerprint density at radius 3 is 2.93 bits per heavy atom. The van der Waals surface area contributed by atoms with Crippen molar-refractivity contribution in [2.24, 2.45) is 0 Å². The fourth-order valence-electron chi connectivity index (χ4n) is 2.39. The molecule has 4 nitrogen and oxygen atoms in total. The minimum absolute atomic E-state index is 0.259. The summed E-state index contributed by atoms with van der Waals surface area (Å²) in [6.07, 6.45) is 4.03. The number of rotatable bonds is 1. The molecule has 2 saturated heterocycles. The molecule has 1 atom stereocenters. The third kappa shape index (κ3) is 1.91. The molecule has 2 heterocycles. The Kier molecular flexibility index (Phi) is 3.03. The minimum atomic E-state index is 0.259. The third-order valence-corrected chi connectivity index (χ3v) is 3.22. The van der Waals surface area contributed by atoms with Crippen molar-refractivity contribution in [2.75, 3.05) is 33.2 Å². The SMILES string of the molecule is CN1CCCCC1N1CCNCC1=O. The molecule has 2 aliphatic rings. The van der Waals surface area contributed by atoms with Gasteiger partial charge in [0, 0.05) is 13.1 Å². The number of piperidine rings is 1. The highest BCUT2D eigenvalue weighted by Gasteiger charge is 2.29. The maximum absolute atomic E-state index is 11.7. The van der Waals surface area contributed by atoms with Crippen LogP contribution >= 0.6 is 0 Å². The number of hydrogen-bond donors (Lipinski definition) is 1. The normalized spacial score (nSPS) is 30.8. The second kappa shape index (κ2) is 4.28. The van der Waals surface area contributed by atoms with Crippen molar-refractivity contribution in [3.8, 4) is 0 Å². The number of hydrogen-bond acceptors (Lipinski definition) is 3. The van der Waals surface area contributed by atoms with Crippen LogP contribution in [0.4, 0.5) is 0 Å². The van der Waals surface area contributed by atoms with Crippen LogP contribution in [0.15, 0.2) is 0 Å². The van der Waals surface area contributed by atoms with Crippen LogP contribution < -0.4 is 5.32 Å². The minimum Gasteiger partial charge on any atom is -0.325 e. The summed E-state index contributed by atoms with van der Waals surface area (Å²) in [6, 6.07) is 0. The lowest BCUT2D eigenvalue weighted by Gasteiger charge is -2.42. The van der Waals surface area contributed by atoms with Gasteiger partial charge in [0.05, 0.1) is 12.7 Å². The second-order valence-electron chi connectivity index (χ2n) is 4.22. The monoisotopic (exact) mass is 197 g/mol. The number of piperazine rings is 1. The molecular weight excluding hydrogens is 178 g/mol.